The number of nitrogens with zero attached hydrogens (tertiary/aromatic N) is 1. The molecule has 8 heteroatoms. The number of amides is 2. The van der Waals surface area contributed by atoms with Crippen molar-refractivity contribution in [3.8, 4) is 0 Å². The lowest BCUT2D eigenvalue weighted by Crippen LogP contribution is -2.50. The second kappa shape index (κ2) is 6.21. The lowest BCUT2D eigenvalue weighted by atomic mass is 9.94. The molecule has 120 valence electrons. The number of hydrogen-bond acceptors (Lipinski definition) is 3. The molecule has 0 radical (unpaired) electrons. The number of nitrogens with one attached hydrogen (secondary N) is 2. The molecule has 2 rings (SSSR count). The van der Waals surface area contributed by atoms with Gasteiger partial charge in [0.2, 0.25) is 11.8 Å². The second-order valence-corrected chi connectivity index (χ2v) is 5.88. The molecule has 3 atom stereocenters. The van der Waals surface area contributed by atoms with E-state index in [2.05, 4.69) is 10.6 Å². The highest BCUT2D eigenvalue weighted by Gasteiger charge is 2.41. The zero-order chi connectivity index (χ0) is 15.6. The highest BCUT2D eigenvalue weighted by molar-refractivity contribution is 5.89. The molecule has 5 nitrogen and oxygen atoms in total. The minimum atomic E-state index is -4.43. The van der Waals surface area contributed by atoms with Crippen LogP contribution in [0.5, 0.6) is 0 Å². The molecule has 0 saturated carbocycles. The van der Waals surface area contributed by atoms with Gasteiger partial charge in [-0.1, -0.05) is 6.92 Å². The Morgan fingerprint density at radius 2 is 2.19 bits per heavy atom. The lowest BCUT2D eigenvalue weighted by molar-refractivity contribution is -0.157. The average Bonchev–Trinajstić information content (AvgIpc) is 2.72. The molecule has 21 heavy (non-hydrogen) atoms. The summed E-state index contributed by atoms with van der Waals surface area (Å²) in [5.74, 6) is -1.33. The van der Waals surface area contributed by atoms with E-state index >= 15 is 0 Å². The van der Waals surface area contributed by atoms with E-state index < -0.39 is 24.5 Å². The van der Waals surface area contributed by atoms with Crippen molar-refractivity contribution in [1.82, 2.24) is 15.5 Å². The first kappa shape index (κ1) is 16.1. The molecule has 0 aromatic heterocycles. The highest BCUT2D eigenvalue weighted by Crippen LogP contribution is 2.24. The standard InChI is InChI=1S/C13H20F3N3O2/c1-8-5-17-3-2-10(8)18-12(21)9-4-11(20)19(6-9)7-13(14,15)16/h8-10,17H,2-7H2,1H3,(H,18,21). The van der Waals surface area contributed by atoms with Crippen molar-refractivity contribution in [3.05, 3.63) is 0 Å². The molecule has 0 aliphatic carbocycles. The van der Waals surface area contributed by atoms with Gasteiger partial charge in [-0.25, -0.2) is 0 Å². The molecule has 2 aliphatic rings. The van der Waals surface area contributed by atoms with Gasteiger partial charge < -0.3 is 15.5 Å². The first-order chi connectivity index (χ1) is 9.76. The van der Waals surface area contributed by atoms with Crippen LogP contribution in [0, 0.1) is 11.8 Å². The van der Waals surface area contributed by atoms with E-state index in [1.54, 1.807) is 0 Å². The zero-order valence-electron chi connectivity index (χ0n) is 11.9. The monoisotopic (exact) mass is 307 g/mol. The molecule has 2 saturated heterocycles. The molecule has 0 bridgehead atoms. The Morgan fingerprint density at radius 3 is 2.81 bits per heavy atom. The minimum absolute atomic E-state index is 0.0190. The van der Waals surface area contributed by atoms with Gasteiger partial charge in [-0.3, -0.25) is 9.59 Å². The van der Waals surface area contributed by atoms with Crippen molar-refractivity contribution in [3.63, 3.8) is 0 Å². The normalized spacial score (nSPS) is 30.6. The van der Waals surface area contributed by atoms with Crippen molar-refractivity contribution in [2.75, 3.05) is 26.2 Å². The van der Waals surface area contributed by atoms with E-state index in [9.17, 15) is 22.8 Å². The number of halogens is 3. The van der Waals surface area contributed by atoms with Crippen LogP contribution >= 0.6 is 0 Å². The third-order valence-electron chi connectivity index (χ3n) is 4.07. The minimum Gasteiger partial charge on any atom is -0.353 e. The van der Waals surface area contributed by atoms with Crippen molar-refractivity contribution >= 4 is 11.8 Å². The van der Waals surface area contributed by atoms with Gasteiger partial charge in [0.25, 0.3) is 0 Å². The number of hydrogen-bond donors (Lipinski definition) is 2. The van der Waals surface area contributed by atoms with Crippen LogP contribution in [0.4, 0.5) is 13.2 Å². The van der Waals surface area contributed by atoms with Crippen molar-refractivity contribution < 1.29 is 22.8 Å². The van der Waals surface area contributed by atoms with Crippen LogP contribution < -0.4 is 10.6 Å². The van der Waals surface area contributed by atoms with Crippen LogP contribution in [0.2, 0.25) is 0 Å². The molecule has 0 spiro atoms. The summed E-state index contributed by atoms with van der Waals surface area (Å²) in [5, 5.41) is 6.08. The Kier molecular flexibility index (Phi) is 4.75. The van der Waals surface area contributed by atoms with E-state index in [0.717, 1.165) is 24.4 Å². The first-order valence-corrected chi connectivity index (χ1v) is 7.12. The lowest BCUT2D eigenvalue weighted by Gasteiger charge is -2.31. The number of carbonyl (C=O) groups excluding carboxylic acids is 2. The third kappa shape index (κ3) is 4.33. The van der Waals surface area contributed by atoms with Gasteiger partial charge in [-0.05, 0) is 25.4 Å². The fourth-order valence-electron chi connectivity index (χ4n) is 2.85. The van der Waals surface area contributed by atoms with Gasteiger partial charge in [-0.2, -0.15) is 13.2 Å². The van der Waals surface area contributed by atoms with Gasteiger partial charge in [-0.15, -0.1) is 0 Å². The van der Waals surface area contributed by atoms with E-state index in [0.29, 0.717) is 0 Å². The summed E-state index contributed by atoms with van der Waals surface area (Å²) < 4.78 is 37.0. The van der Waals surface area contributed by atoms with Gasteiger partial charge >= 0.3 is 6.18 Å². The van der Waals surface area contributed by atoms with Crippen LogP contribution in [-0.4, -0.2) is 55.1 Å². The molecule has 0 aromatic rings. The quantitative estimate of drug-likeness (QED) is 0.799. The van der Waals surface area contributed by atoms with Crippen LogP contribution in [-0.2, 0) is 9.59 Å². The zero-order valence-corrected chi connectivity index (χ0v) is 11.9. The van der Waals surface area contributed by atoms with Gasteiger partial charge in [0.1, 0.15) is 6.54 Å². The number of likely N-dealkylation sites (tertiary alicyclic amines) is 1. The maximum absolute atomic E-state index is 12.3. The predicted octanol–water partition coefficient (Wildman–Crippen LogP) is 0.511. The van der Waals surface area contributed by atoms with Crippen molar-refractivity contribution in [2.45, 2.75) is 32.0 Å². The van der Waals surface area contributed by atoms with Gasteiger partial charge in [0.05, 0.1) is 5.92 Å². The summed E-state index contributed by atoms with van der Waals surface area (Å²) in [6.45, 7) is 2.18. The molecular formula is C13H20F3N3O2. The topological polar surface area (TPSA) is 61.4 Å². The summed E-state index contributed by atoms with van der Waals surface area (Å²) in [4.78, 5) is 24.4. The number of rotatable bonds is 3. The summed E-state index contributed by atoms with van der Waals surface area (Å²) in [7, 11) is 0. The molecule has 3 unspecified atom stereocenters. The largest absolute Gasteiger partial charge is 0.406 e. The van der Waals surface area contributed by atoms with Crippen LogP contribution in [0.3, 0.4) is 0 Å². The fourth-order valence-corrected chi connectivity index (χ4v) is 2.85. The number of alkyl halides is 3. The summed E-state index contributed by atoms with van der Waals surface area (Å²) in [5.41, 5.74) is 0. The molecule has 0 aromatic carbocycles. The maximum Gasteiger partial charge on any atom is 0.406 e. The van der Waals surface area contributed by atoms with Gasteiger partial charge in [0.15, 0.2) is 0 Å². The Labute approximate surface area is 121 Å². The predicted molar refractivity (Wildman–Crippen MR) is 69.3 cm³/mol. The SMILES string of the molecule is CC1CNCCC1NC(=O)C1CC(=O)N(CC(F)(F)F)C1. The molecule has 2 heterocycles. The van der Waals surface area contributed by atoms with Crippen molar-refractivity contribution in [1.29, 1.82) is 0 Å². The van der Waals surface area contributed by atoms with E-state index in [4.69, 9.17) is 0 Å². The fraction of sp³-hybridized carbons (Fsp3) is 0.846. The molecule has 2 N–H and O–H groups in total. The van der Waals surface area contributed by atoms with E-state index in [1.807, 2.05) is 6.92 Å². The first-order valence-electron chi connectivity index (χ1n) is 7.12. The Hall–Kier alpha value is -1.31. The average molecular weight is 307 g/mol. The second-order valence-electron chi connectivity index (χ2n) is 5.88. The number of piperidine rings is 1. The Bertz CT molecular complexity index is 414. The number of carbonyl (C=O) groups is 2. The summed E-state index contributed by atoms with van der Waals surface area (Å²) in [6.07, 6.45) is -3.77. The van der Waals surface area contributed by atoms with Crippen molar-refractivity contribution in [2.24, 2.45) is 11.8 Å². The molecular weight excluding hydrogens is 287 g/mol. The van der Waals surface area contributed by atoms with Crippen LogP contribution in [0.25, 0.3) is 0 Å². The molecule has 2 fully saturated rings. The maximum atomic E-state index is 12.3. The Morgan fingerprint density at radius 1 is 1.48 bits per heavy atom. The Balaban J connectivity index is 1.88. The van der Waals surface area contributed by atoms with Crippen LogP contribution in [0.1, 0.15) is 19.8 Å². The van der Waals surface area contributed by atoms with Crippen LogP contribution in [0.15, 0.2) is 0 Å². The third-order valence-corrected chi connectivity index (χ3v) is 4.07. The van der Waals surface area contributed by atoms with E-state index in [-0.39, 0.29) is 30.8 Å². The van der Waals surface area contributed by atoms with Gasteiger partial charge in [0, 0.05) is 19.0 Å². The summed E-state index contributed by atoms with van der Waals surface area (Å²) >= 11 is 0. The smallest absolute Gasteiger partial charge is 0.353 e. The molecule has 2 aliphatic heterocycles. The highest BCUT2D eigenvalue weighted by atomic mass is 19.4. The summed E-state index contributed by atoms with van der Waals surface area (Å²) in [6, 6.07) is 0.0190. The van der Waals surface area contributed by atoms with E-state index in [1.165, 1.54) is 0 Å². The molecule has 2 amide bonds.